The van der Waals surface area contributed by atoms with Gasteiger partial charge in [-0.2, -0.15) is 0 Å². The Morgan fingerprint density at radius 1 is 1.41 bits per heavy atom. The second-order valence-electron chi connectivity index (χ2n) is 3.48. The normalized spacial score (nSPS) is 12.6. The summed E-state index contributed by atoms with van der Waals surface area (Å²) in [5.41, 5.74) is 0.402. The van der Waals surface area contributed by atoms with Crippen LogP contribution in [0.25, 0.3) is 0 Å². The van der Waals surface area contributed by atoms with Gasteiger partial charge in [-0.3, -0.25) is 0 Å². The van der Waals surface area contributed by atoms with Crippen molar-refractivity contribution < 1.29 is 8.78 Å². The summed E-state index contributed by atoms with van der Waals surface area (Å²) in [6.07, 6.45) is 1.58. The van der Waals surface area contributed by atoms with Crippen molar-refractivity contribution in [3.05, 3.63) is 46.5 Å². The largest absolute Gasteiger partial charge is 0.306 e. The highest BCUT2D eigenvalue weighted by molar-refractivity contribution is 7.05. The van der Waals surface area contributed by atoms with Crippen molar-refractivity contribution in [2.45, 2.75) is 13.0 Å². The average molecular weight is 255 g/mol. The first kappa shape index (κ1) is 12.1. The van der Waals surface area contributed by atoms with Gasteiger partial charge in [-0.1, -0.05) is 17.5 Å². The molecule has 1 aromatic carbocycles. The first-order valence-electron chi connectivity index (χ1n) is 5.18. The third kappa shape index (κ3) is 2.65. The molecule has 0 radical (unpaired) electrons. The molecule has 1 aromatic heterocycles. The van der Waals surface area contributed by atoms with Gasteiger partial charge in [-0.15, -0.1) is 5.10 Å². The van der Waals surface area contributed by atoms with E-state index in [2.05, 4.69) is 14.9 Å². The smallest absolute Gasteiger partial charge is 0.131 e. The van der Waals surface area contributed by atoms with Crippen molar-refractivity contribution in [1.82, 2.24) is 14.9 Å². The maximum Gasteiger partial charge on any atom is 0.131 e. The number of hydrogen-bond acceptors (Lipinski definition) is 4. The quantitative estimate of drug-likeness (QED) is 0.912. The van der Waals surface area contributed by atoms with Gasteiger partial charge in [0.15, 0.2) is 0 Å². The van der Waals surface area contributed by atoms with E-state index in [1.54, 1.807) is 6.20 Å². The van der Waals surface area contributed by atoms with Crippen molar-refractivity contribution in [3.63, 3.8) is 0 Å². The Balaban J connectivity index is 2.39. The van der Waals surface area contributed by atoms with Crippen molar-refractivity contribution in [1.29, 1.82) is 0 Å². The molecule has 0 spiro atoms. The van der Waals surface area contributed by atoms with Crippen LogP contribution in [0.1, 0.15) is 23.4 Å². The van der Waals surface area contributed by atoms with E-state index in [-0.39, 0.29) is 6.04 Å². The van der Waals surface area contributed by atoms with E-state index >= 15 is 0 Å². The highest BCUT2D eigenvalue weighted by Gasteiger charge is 2.19. The van der Waals surface area contributed by atoms with Crippen molar-refractivity contribution >= 4 is 11.5 Å². The first-order valence-corrected chi connectivity index (χ1v) is 5.95. The molecule has 0 aliphatic carbocycles. The summed E-state index contributed by atoms with van der Waals surface area (Å²) in [7, 11) is 0. The van der Waals surface area contributed by atoms with Gasteiger partial charge in [0, 0.05) is 11.6 Å². The lowest BCUT2D eigenvalue weighted by Crippen LogP contribution is -2.22. The third-order valence-electron chi connectivity index (χ3n) is 2.34. The maximum atomic E-state index is 13.7. The zero-order valence-corrected chi connectivity index (χ0v) is 9.97. The molecule has 0 bridgehead atoms. The molecule has 6 heteroatoms. The van der Waals surface area contributed by atoms with Gasteiger partial charge in [0.1, 0.15) is 11.6 Å². The van der Waals surface area contributed by atoms with E-state index in [0.29, 0.717) is 12.1 Å². The molecule has 0 aliphatic heterocycles. The van der Waals surface area contributed by atoms with E-state index in [1.807, 2.05) is 6.92 Å². The molecule has 1 N–H and O–H groups in total. The van der Waals surface area contributed by atoms with E-state index in [1.165, 1.54) is 23.7 Å². The average Bonchev–Trinajstić information content (AvgIpc) is 2.80. The monoisotopic (exact) mass is 255 g/mol. The Morgan fingerprint density at radius 2 is 2.24 bits per heavy atom. The van der Waals surface area contributed by atoms with Crippen molar-refractivity contribution in [2.75, 3.05) is 6.54 Å². The lowest BCUT2D eigenvalue weighted by molar-refractivity contribution is 0.543. The molecule has 0 fully saturated rings. The molecule has 3 nitrogen and oxygen atoms in total. The van der Waals surface area contributed by atoms with Gasteiger partial charge >= 0.3 is 0 Å². The summed E-state index contributed by atoms with van der Waals surface area (Å²) >= 11 is 1.19. The lowest BCUT2D eigenvalue weighted by atomic mass is 10.1. The SMILES string of the molecule is CCNC(c1cnns1)c1ccc(F)cc1F. The van der Waals surface area contributed by atoms with Gasteiger partial charge < -0.3 is 5.32 Å². The summed E-state index contributed by atoms with van der Waals surface area (Å²) in [5.74, 6) is -1.15. The predicted octanol–water partition coefficient (Wildman–Crippen LogP) is 2.52. The van der Waals surface area contributed by atoms with Crippen LogP contribution in [0.3, 0.4) is 0 Å². The van der Waals surface area contributed by atoms with Crippen LogP contribution in [0.4, 0.5) is 8.78 Å². The number of hydrogen-bond donors (Lipinski definition) is 1. The van der Waals surface area contributed by atoms with Gasteiger partial charge in [0.25, 0.3) is 0 Å². The van der Waals surface area contributed by atoms with Gasteiger partial charge in [0.2, 0.25) is 0 Å². The van der Waals surface area contributed by atoms with Crippen LogP contribution in [-0.2, 0) is 0 Å². The highest BCUT2D eigenvalue weighted by atomic mass is 32.1. The Hall–Kier alpha value is -1.40. The first-order chi connectivity index (χ1) is 8.22. The minimum Gasteiger partial charge on any atom is -0.306 e. The molecule has 2 rings (SSSR count). The molecule has 90 valence electrons. The van der Waals surface area contributed by atoms with Crippen LogP contribution in [0.5, 0.6) is 0 Å². The Morgan fingerprint density at radius 3 is 2.82 bits per heavy atom. The summed E-state index contributed by atoms with van der Waals surface area (Å²) in [4.78, 5) is 0.803. The molecule has 1 heterocycles. The number of halogens is 2. The van der Waals surface area contributed by atoms with Crippen molar-refractivity contribution in [3.8, 4) is 0 Å². The standard InChI is InChI=1S/C11H11F2N3S/c1-2-14-11(10-6-15-16-17-10)8-4-3-7(12)5-9(8)13/h3-6,11,14H,2H2,1H3. The minimum atomic E-state index is -0.580. The molecule has 0 amide bonds. The van der Waals surface area contributed by atoms with Crippen LogP contribution < -0.4 is 5.32 Å². The molecular formula is C11H11F2N3S. The van der Waals surface area contributed by atoms with Gasteiger partial charge in [0.05, 0.1) is 17.1 Å². The zero-order valence-electron chi connectivity index (χ0n) is 9.15. The van der Waals surface area contributed by atoms with E-state index in [4.69, 9.17) is 0 Å². The molecule has 1 atom stereocenters. The number of rotatable bonds is 4. The fourth-order valence-corrected chi connectivity index (χ4v) is 2.20. The second kappa shape index (κ2) is 5.29. The number of benzene rings is 1. The Bertz CT molecular complexity index is 487. The van der Waals surface area contributed by atoms with Crippen LogP contribution in [0.15, 0.2) is 24.4 Å². The Labute approximate surface area is 102 Å². The van der Waals surface area contributed by atoms with Gasteiger partial charge in [-0.05, 0) is 24.1 Å². The van der Waals surface area contributed by atoms with Crippen molar-refractivity contribution in [2.24, 2.45) is 0 Å². The molecule has 2 aromatic rings. The molecule has 0 saturated carbocycles. The molecule has 17 heavy (non-hydrogen) atoms. The third-order valence-corrected chi connectivity index (χ3v) is 3.07. The van der Waals surface area contributed by atoms with Crippen LogP contribution in [0.2, 0.25) is 0 Å². The molecular weight excluding hydrogens is 244 g/mol. The van der Waals surface area contributed by atoms with Gasteiger partial charge in [-0.25, -0.2) is 8.78 Å². The number of aromatic nitrogens is 2. The molecule has 0 saturated heterocycles. The summed E-state index contributed by atoms with van der Waals surface area (Å²) in [6, 6.07) is 3.24. The van der Waals surface area contributed by atoms with Crippen LogP contribution >= 0.6 is 11.5 Å². The molecule has 1 unspecified atom stereocenters. The van der Waals surface area contributed by atoms with E-state index in [0.717, 1.165) is 10.9 Å². The summed E-state index contributed by atoms with van der Waals surface area (Å²) in [5, 5.41) is 6.86. The van der Waals surface area contributed by atoms with E-state index < -0.39 is 11.6 Å². The van der Waals surface area contributed by atoms with Crippen LogP contribution in [0, 0.1) is 11.6 Å². The highest BCUT2D eigenvalue weighted by Crippen LogP contribution is 2.26. The predicted molar refractivity (Wildman–Crippen MR) is 61.8 cm³/mol. The fourth-order valence-electron chi connectivity index (χ4n) is 1.61. The second-order valence-corrected chi connectivity index (χ2v) is 4.29. The topological polar surface area (TPSA) is 37.8 Å². The maximum absolute atomic E-state index is 13.7. The van der Waals surface area contributed by atoms with E-state index in [9.17, 15) is 8.78 Å². The molecule has 0 aliphatic rings. The number of nitrogens with one attached hydrogen (secondary N) is 1. The summed E-state index contributed by atoms with van der Waals surface area (Å²) in [6.45, 7) is 2.59. The fraction of sp³-hybridized carbons (Fsp3) is 0.273. The minimum absolute atomic E-state index is 0.333. The summed E-state index contributed by atoms with van der Waals surface area (Å²) < 4.78 is 30.3. The lowest BCUT2D eigenvalue weighted by Gasteiger charge is -2.16. The van der Waals surface area contributed by atoms with Crippen LogP contribution in [-0.4, -0.2) is 16.1 Å². The zero-order chi connectivity index (χ0) is 12.3. The Kier molecular flexibility index (Phi) is 3.75. The number of nitrogens with zero attached hydrogens (tertiary/aromatic N) is 2.